The molecule has 0 saturated heterocycles. The van der Waals surface area contributed by atoms with Crippen LogP contribution < -0.4 is 5.56 Å². The molecule has 0 aliphatic carbocycles. The molecular formula is C19H14N2O2. The Morgan fingerprint density at radius 2 is 1.61 bits per heavy atom. The second-order valence-corrected chi connectivity index (χ2v) is 5.37. The quantitative estimate of drug-likeness (QED) is 0.563. The Labute approximate surface area is 132 Å². The van der Waals surface area contributed by atoms with Gasteiger partial charge in [0.2, 0.25) is 0 Å². The lowest BCUT2D eigenvalue weighted by atomic mass is 10.1. The van der Waals surface area contributed by atoms with Gasteiger partial charge in [0.15, 0.2) is 0 Å². The monoisotopic (exact) mass is 302 g/mol. The van der Waals surface area contributed by atoms with Gasteiger partial charge in [0.05, 0.1) is 5.69 Å². The maximum Gasteiger partial charge on any atom is 0.268 e. The molecule has 0 radical (unpaired) electrons. The molecule has 4 heteroatoms. The zero-order valence-corrected chi connectivity index (χ0v) is 12.6. The van der Waals surface area contributed by atoms with Crippen LogP contribution in [0.15, 0.2) is 76.0 Å². The Morgan fingerprint density at radius 1 is 0.957 bits per heavy atom. The minimum Gasteiger partial charge on any atom is -0.360 e. The molecular weight excluding hydrogens is 288 g/mol. The van der Waals surface area contributed by atoms with Crippen molar-refractivity contribution >= 4 is 10.9 Å². The summed E-state index contributed by atoms with van der Waals surface area (Å²) in [5, 5.41) is 4.53. The number of pyridine rings is 1. The van der Waals surface area contributed by atoms with Crippen LogP contribution in [0.4, 0.5) is 0 Å². The van der Waals surface area contributed by atoms with Crippen LogP contribution in [0, 0.1) is 6.92 Å². The summed E-state index contributed by atoms with van der Waals surface area (Å²) in [7, 11) is 0. The van der Waals surface area contributed by atoms with Crippen LogP contribution in [0.3, 0.4) is 0 Å². The molecule has 0 spiro atoms. The number of hydrogen-bond acceptors (Lipinski definition) is 3. The average Bonchev–Trinajstić information content (AvgIpc) is 2.97. The number of benzene rings is 2. The van der Waals surface area contributed by atoms with E-state index in [1.807, 2.05) is 66.7 Å². The molecule has 0 aliphatic rings. The van der Waals surface area contributed by atoms with Crippen LogP contribution in [-0.2, 0) is 0 Å². The van der Waals surface area contributed by atoms with Crippen LogP contribution in [0.5, 0.6) is 0 Å². The Morgan fingerprint density at radius 3 is 2.30 bits per heavy atom. The topological polar surface area (TPSA) is 48.0 Å². The van der Waals surface area contributed by atoms with Crippen LogP contribution >= 0.6 is 0 Å². The van der Waals surface area contributed by atoms with Crippen LogP contribution in [-0.4, -0.2) is 9.72 Å². The van der Waals surface area contributed by atoms with Crippen LogP contribution in [0.1, 0.15) is 5.76 Å². The minimum atomic E-state index is -0.119. The fourth-order valence-corrected chi connectivity index (χ4v) is 2.82. The van der Waals surface area contributed by atoms with Gasteiger partial charge >= 0.3 is 0 Å². The summed E-state index contributed by atoms with van der Waals surface area (Å²) in [5.74, 6) is 0.536. The van der Waals surface area contributed by atoms with E-state index in [9.17, 15) is 4.79 Å². The molecule has 0 fully saturated rings. The molecule has 0 aliphatic heterocycles. The van der Waals surface area contributed by atoms with Crippen LogP contribution in [0.25, 0.3) is 27.8 Å². The maximum atomic E-state index is 13.1. The van der Waals surface area contributed by atoms with Gasteiger partial charge in [0.25, 0.3) is 5.56 Å². The maximum absolute atomic E-state index is 13.1. The highest BCUT2D eigenvalue weighted by molar-refractivity contribution is 5.84. The third-order valence-corrected chi connectivity index (χ3v) is 3.90. The molecule has 2 aromatic heterocycles. The van der Waals surface area contributed by atoms with Crippen molar-refractivity contribution in [2.45, 2.75) is 6.92 Å². The van der Waals surface area contributed by atoms with E-state index in [1.165, 1.54) is 0 Å². The zero-order valence-electron chi connectivity index (χ0n) is 12.6. The van der Waals surface area contributed by atoms with Crippen molar-refractivity contribution in [3.63, 3.8) is 0 Å². The van der Waals surface area contributed by atoms with E-state index in [1.54, 1.807) is 11.5 Å². The lowest BCUT2D eigenvalue weighted by Gasteiger charge is -2.13. The Balaban J connectivity index is 2.15. The smallest absolute Gasteiger partial charge is 0.268 e. The summed E-state index contributed by atoms with van der Waals surface area (Å²) in [6, 6.07) is 21.3. The molecule has 0 amide bonds. The van der Waals surface area contributed by atoms with Gasteiger partial charge in [-0.15, -0.1) is 0 Å². The first-order valence-corrected chi connectivity index (χ1v) is 7.38. The van der Waals surface area contributed by atoms with Crippen molar-refractivity contribution in [3.8, 4) is 16.9 Å². The molecule has 4 rings (SSSR count). The van der Waals surface area contributed by atoms with E-state index in [-0.39, 0.29) is 5.56 Å². The Bertz CT molecular complexity index is 1030. The Hall–Kier alpha value is -3.14. The van der Waals surface area contributed by atoms with Crippen molar-refractivity contribution in [2.75, 3.05) is 0 Å². The first-order valence-electron chi connectivity index (χ1n) is 7.38. The molecule has 0 N–H and O–H groups in total. The van der Waals surface area contributed by atoms with Gasteiger partial charge in [-0.2, -0.15) is 0 Å². The number of nitrogens with zero attached hydrogens (tertiary/aromatic N) is 2. The van der Waals surface area contributed by atoms with Gasteiger partial charge in [-0.25, -0.2) is 0 Å². The summed E-state index contributed by atoms with van der Waals surface area (Å²) >= 11 is 0. The van der Waals surface area contributed by atoms with E-state index in [4.69, 9.17) is 4.52 Å². The van der Waals surface area contributed by atoms with Gasteiger partial charge in [0.1, 0.15) is 16.7 Å². The van der Waals surface area contributed by atoms with Crippen molar-refractivity contribution < 1.29 is 4.52 Å². The first kappa shape index (κ1) is 13.5. The lowest BCUT2D eigenvalue weighted by Crippen LogP contribution is -2.20. The van der Waals surface area contributed by atoms with Gasteiger partial charge < -0.3 is 4.52 Å². The predicted molar refractivity (Wildman–Crippen MR) is 89.8 cm³/mol. The van der Waals surface area contributed by atoms with E-state index in [0.29, 0.717) is 16.7 Å². The summed E-state index contributed by atoms with van der Waals surface area (Å²) in [6.45, 7) is 1.76. The molecule has 0 unspecified atom stereocenters. The highest BCUT2D eigenvalue weighted by Gasteiger charge is 2.17. The predicted octanol–water partition coefficient (Wildman–Crippen LogP) is 3.95. The van der Waals surface area contributed by atoms with Gasteiger partial charge in [-0.3, -0.25) is 9.36 Å². The molecule has 112 valence electrons. The number of aryl methyl sites for hydroxylation is 1. The van der Waals surface area contributed by atoms with E-state index in [0.717, 1.165) is 16.9 Å². The second kappa shape index (κ2) is 5.25. The SMILES string of the molecule is Cc1onc2cc(-c3ccccc3)n(-c3ccccc3)c(=O)c12. The highest BCUT2D eigenvalue weighted by atomic mass is 16.5. The van der Waals surface area contributed by atoms with Gasteiger partial charge in [-0.05, 0) is 30.7 Å². The number of hydrogen-bond donors (Lipinski definition) is 0. The summed E-state index contributed by atoms with van der Waals surface area (Å²) < 4.78 is 6.92. The molecule has 4 nitrogen and oxygen atoms in total. The standard InChI is InChI=1S/C19H14N2O2/c1-13-18-16(20-23-13)12-17(14-8-4-2-5-9-14)21(19(18)22)15-10-6-3-7-11-15/h2-12H,1H3. The zero-order chi connectivity index (χ0) is 15.8. The Kier molecular flexibility index (Phi) is 3.08. The van der Waals surface area contributed by atoms with Crippen molar-refractivity contribution in [3.05, 3.63) is 82.8 Å². The first-order chi connectivity index (χ1) is 11.3. The normalized spacial score (nSPS) is 11.0. The van der Waals surface area contributed by atoms with E-state index < -0.39 is 0 Å². The molecule has 0 atom stereocenters. The van der Waals surface area contributed by atoms with Crippen LogP contribution in [0.2, 0.25) is 0 Å². The number of rotatable bonds is 2. The van der Waals surface area contributed by atoms with Crippen molar-refractivity contribution in [2.24, 2.45) is 0 Å². The number of aromatic nitrogens is 2. The van der Waals surface area contributed by atoms with E-state index in [2.05, 4.69) is 5.16 Å². The van der Waals surface area contributed by atoms with Gasteiger partial charge in [-0.1, -0.05) is 53.7 Å². The fourth-order valence-electron chi connectivity index (χ4n) is 2.82. The van der Waals surface area contributed by atoms with E-state index >= 15 is 0 Å². The molecule has 2 aromatic carbocycles. The molecule has 23 heavy (non-hydrogen) atoms. The molecule has 2 heterocycles. The summed E-state index contributed by atoms with van der Waals surface area (Å²) in [6.07, 6.45) is 0. The molecule has 0 saturated carbocycles. The summed E-state index contributed by atoms with van der Waals surface area (Å²) in [5.41, 5.74) is 3.03. The number of fused-ring (bicyclic) bond motifs is 1. The minimum absolute atomic E-state index is 0.119. The van der Waals surface area contributed by atoms with Crippen molar-refractivity contribution in [1.82, 2.24) is 9.72 Å². The van der Waals surface area contributed by atoms with Gasteiger partial charge in [0, 0.05) is 5.69 Å². The number of para-hydroxylation sites is 1. The molecule has 4 aromatic rings. The lowest BCUT2D eigenvalue weighted by molar-refractivity contribution is 0.405. The highest BCUT2D eigenvalue weighted by Crippen LogP contribution is 2.25. The fraction of sp³-hybridized carbons (Fsp3) is 0.0526. The third kappa shape index (κ3) is 2.16. The average molecular weight is 302 g/mol. The largest absolute Gasteiger partial charge is 0.360 e. The second-order valence-electron chi connectivity index (χ2n) is 5.37. The van der Waals surface area contributed by atoms with Crippen molar-refractivity contribution in [1.29, 1.82) is 0 Å². The molecule has 0 bridgehead atoms. The summed E-state index contributed by atoms with van der Waals surface area (Å²) in [4.78, 5) is 13.1. The third-order valence-electron chi connectivity index (χ3n) is 3.90.